The lowest BCUT2D eigenvalue weighted by atomic mass is 9.81. The zero-order chi connectivity index (χ0) is 26.9. The van der Waals surface area contributed by atoms with Gasteiger partial charge in [-0.1, -0.05) is 25.7 Å². The molecule has 0 spiro atoms. The van der Waals surface area contributed by atoms with Crippen molar-refractivity contribution in [2.75, 3.05) is 0 Å². The van der Waals surface area contributed by atoms with Gasteiger partial charge in [0.05, 0.1) is 6.10 Å². The van der Waals surface area contributed by atoms with Crippen molar-refractivity contribution in [3.05, 3.63) is 0 Å². The number of ether oxygens (including phenoxy) is 2. The van der Waals surface area contributed by atoms with Crippen LogP contribution in [0.1, 0.15) is 140 Å². The molecule has 2 unspecified atom stereocenters. The molecule has 1 saturated heterocycles. The predicted molar refractivity (Wildman–Crippen MR) is 145 cm³/mol. The van der Waals surface area contributed by atoms with Crippen LogP contribution >= 0.6 is 0 Å². The fourth-order valence-electron chi connectivity index (χ4n) is 6.02. The number of aliphatic hydroxyl groups is 1. The van der Waals surface area contributed by atoms with E-state index in [4.69, 9.17) is 9.47 Å². The SMILES string of the molecule is CC(CC(C)(C)NC(C)(C)C)OC(=O)CCCCCCCCC(O)OC1CC(C)(C)NC(C)(C)C1. The molecule has 6 nitrogen and oxygen atoms in total. The van der Waals surface area contributed by atoms with Crippen LogP contribution in [0.15, 0.2) is 0 Å². The van der Waals surface area contributed by atoms with Crippen LogP contribution in [-0.4, -0.2) is 51.7 Å². The second-order valence-corrected chi connectivity index (χ2v) is 13.9. The monoisotopic (exact) mass is 498 g/mol. The van der Waals surface area contributed by atoms with Crippen molar-refractivity contribution in [3.63, 3.8) is 0 Å². The number of aliphatic hydroxyl groups excluding tert-OH is 1. The molecule has 0 aromatic carbocycles. The Bertz CT molecular complexity index is 609. The average molecular weight is 499 g/mol. The average Bonchev–Trinajstić information content (AvgIpc) is 2.58. The van der Waals surface area contributed by atoms with Crippen molar-refractivity contribution < 1.29 is 19.4 Å². The number of carbonyl (C=O) groups excluding carboxylic acids is 1. The number of hydrogen-bond donors (Lipinski definition) is 3. The number of carbonyl (C=O) groups is 1. The van der Waals surface area contributed by atoms with Crippen LogP contribution in [0, 0.1) is 0 Å². The molecule has 208 valence electrons. The molecule has 2 atom stereocenters. The van der Waals surface area contributed by atoms with Gasteiger partial charge in [0, 0.05) is 35.0 Å². The molecule has 0 aliphatic carbocycles. The van der Waals surface area contributed by atoms with Crippen molar-refractivity contribution >= 4 is 5.97 Å². The van der Waals surface area contributed by atoms with Crippen molar-refractivity contribution in [1.29, 1.82) is 0 Å². The van der Waals surface area contributed by atoms with Crippen molar-refractivity contribution in [2.24, 2.45) is 0 Å². The van der Waals surface area contributed by atoms with E-state index in [2.05, 4.69) is 72.9 Å². The van der Waals surface area contributed by atoms with Crippen LogP contribution < -0.4 is 10.6 Å². The predicted octanol–water partition coefficient (Wildman–Crippen LogP) is 6.24. The largest absolute Gasteiger partial charge is 0.463 e. The molecule has 0 saturated carbocycles. The van der Waals surface area contributed by atoms with Crippen LogP contribution in [0.3, 0.4) is 0 Å². The molecular weight excluding hydrogens is 440 g/mol. The summed E-state index contributed by atoms with van der Waals surface area (Å²) in [5, 5.41) is 17.6. The molecule has 0 amide bonds. The third kappa shape index (κ3) is 15.9. The van der Waals surface area contributed by atoms with Gasteiger partial charge >= 0.3 is 5.97 Å². The maximum absolute atomic E-state index is 12.2. The van der Waals surface area contributed by atoms with Gasteiger partial charge in [-0.2, -0.15) is 0 Å². The Kier molecular flexibility index (Phi) is 12.7. The van der Waals surface area contributed by atoms with E-state index in [1.165, 1.54) is 0 Å². The Hall–Kier alpha value is -0.690. The molecule has 0 aromatic heterocycles. The first-order valence-corrected chi connectivity index (χ1v) is 14.0. The van der Waals surface area contributed by atoms with Crippen LogP contribution in [-0.2, 0) is 14.3 Å². The standard InChI is InChI=1S/C29H58N2O4/c1-22(19-27(5,6)30-26(2,3)4)34-24(32)17-15-13-11-12-14-16-18-25(33)35-23-20-28(7,8)31-29(9,10)21-23/h22-23,25,30-31,33H,11-21H2,1-10H3. The Labute approximate surface area is 216 Å². The van der Waals surface area contributed by atoms with Gasteiger partial charge in [0.25, 0.3) is 0 Å². The van der Waals surface area contributed by atoms with E-state index in [1.807, 2.05) is 6.92 Å². The minimum Gasteiger partial charge on any atom is -0.463 e. The van der Waals surface area contributed by atoms with Gasteiger partial charge in [0.2, 0.25) is 0 Å². The van der Waals surface area contributed by atoms with E-state index in [9.17, 15) is 9.90 Å². The zero-order valence-corrected chi connectivity index (χ0v) is 24.7. The normalized spacial score (nSPS) is 20.4. The molecule has 1 rings (SSSR count). The molecular formula is C29H58N2O4. The highest BCUT2D eigenvalue weighted by atomic mass is 16.6. The molecule has 0 radical (unpaired) electrons. The lowest BCUT2D eigenvalue weighted by molar-refractivity contribution is -0.160. The van der Waals surface area contributed by atoms with Crippen LogP contribution in [0.4, 0.5) is 0 Å². The summed E-state index contributed by atoms with van der Waals surface area (Å²) in [5.74, 6) is -0.0893. The Balaban J connectivity index is 2.10. The molecule has 6 heteroatoms. The van der Waals surface area contributed by atoms with Crippen molar-refractivity contribution in [1.82, 2.24) is 10.6 Å². The van der Waals surface area contributed by atoms with Gasteiger partial charge in [-0.3, -0.25) is 4.79 Å². The lowest BCUT2D eigenvalue weighted by Crippen LogP contribution is -2.59. The van der Waals surface area contributed by atoms with Crippen molar-refractivity contribution in [2.45, 2.75) is 181 Å². The summed E-state index contributed by atoms with van der Waals surface area (Å²) in [7, 11) is 0. The number of piperidine rings is 1. The Morgan fingerprint density at radius 2 is 1.49 bits per heavy atom. The maximum atomic E-state index is 12.2. The molecule has 0 aromatic rings. The molecule has 1 aliphatic heterocycles. The van der Waals surface area contributed by atoms with Gasteiger partial charge < -0.3 is 25.2 Å². The third-order valence-electron chi connectivity index (χ3n) is 6.43. The minimum absolute atomic E-state index is 0.0245. The lowest BCUT2D eigenvalue weighted by Gasteiger charge is -2.46. The summed E-state index contributed by atoms with van der Waals surface area (Å²) >= 11 is 0. The van der Waals surface area contributed by atoms with Gasteiger partial charge in [0.15, 0.2) is 6.29 Å². The zero-order valence-electron chi connectivity index (χ0n) is 24.7. The first kappa shape index (κ1) is 32.3. The molecule has 1 aliphatic rings. The van der Waals surface area contributed by atoms with Gasteiger partial charge in [-0.15, -0.1) is 0 Å². The van der Waals surface area contributed by atoms with E-state index >= 15 is 0 Å². The number of nitrogens with one attached hydrogen (secondary N) is 2. The molecule has 1 fully saturated rings. The second-order valence-electron chi connectivity index (χ2n) is 13.9. The highest BCUT2D eigenvalue weighted by molar-refractivity contribution is 5.69. The number of unbranched alkanes of at least 4 members (excludes halogenated alkanes) is 5. The molecule has 1 heterocycles. The van der Waals surface area contributed by atoms with E-state index < -0.39 is 6.29 Å². The summed E-state index contributed by atoms with van der Waals surface area (Å²) in [5.41, 5.74) is -0.00942. The van der Waals surface area contributed by atoms with E-state index in [0.29, 0.717) is 12.8 Å². The van der Waals surface area contributed by atoms with E-state index in [0.717, 1.165) is 57.8 Å². The van der Waals surface area contributed by atoms with Gasteiger partial charge in [-0.05, 0) is 101 Å². The minimum atomic E-state index is -0.676. The van der Waals surface area contributed by atoms with Crippen LogP contribution in [0.2, 0.25) is 0 Å². The highest BCUT2D eigenvalue weighted by Crippen LogP contribution is 2.31. The molecule has 0 bridgehead atoms. The summed E-state index contributed by atoms with van der Waals surface area (Å²) in [6.45, 7) is 21.5. The number of rotatable bonds is 15. The fourth-order valence-corrected chi connectivity index (χ4v) is 6.02. The Morgan fingerprint density at radius 3 is 2.03 bits per heavy atom. The Morgan fingerprint density at radius 1 is 0.971 bits per heavy atom. The number of esters is 1. The fraction of sp³-hybridized carbons (Fsp3) is 0.966. The molecule has 35 heavy (non-hydrogen) atoms. The van der Waals surface area contributed by atoms with Crippen molar-refractivity contribution in [3.8, 4) is 0 Å². The van der Waals surface area contributed by atoms with Gasteiger partial charge in [0.1, 0.15) is 6.10 Å². The smallest absolute Gasteiger partial charge is 0.306 e. The first-order chi connectivity index (χ1) is 15.9. The first-order valence-electron chi connectivity index (χ1n) is 14.0. The van der Waals surface area contributed by atoms with Crippen LogP contribution in [0.25, 0.3) is 0 Å². The topological polar surface area (TPSA) is 79.8 Å². The maximum Gasteiger partial charge on any atom is 0.306 e. The molecule has 3 N–H and O–H groups in total. The van der Waals surface area contributed by atoms with E-state index in [-0.39, 0.29) is 40.3 Å². The third-order valence-corrected chi connectivity index (χ3v) is 6.43. The summed E-state index contributed by atoms with van der Waals surface area (Å²) < 4.78 is 11.6. The number of hydrogen-bond acceptors (Lipinski definition) is 6. The summed E-state index contributed by atoms with van der Waals surface area (Å²) in [6, 6.07) is 0. The summed E-state index contributed by atoms with van der Waals surface area (Å²) in [6.07, 6.45) is 9.34. The summed E-state index contributed by atoms with van der Waals surface area (Å²) in [4.78, 5) is 12.2. The highest BCUT2D eigenvalue weighted by Gasteiger charge is 2.38. The quantitative estimate of drug-likeness (QED) is 0.141. The van der Waals surface area contributed by atoms with Crippen LogP contribution in [0.5, 0.6) is 0 Å². The van der Waals surface area contributed by atoms with Gasteiger partial charge in [-0.25, -0.2) is 0 Å². The second kappa shape index (κ2) is 13.7. The van der Waals surface area contributed by atoms with E-state index in [1.54, 1.807) is 0 Å².